The first kappa shape index (κ1) is 13.2. The van der Waals surface area contributed by atoms with Crippen molar-refractivity contribution in [3.63, 3.8) is 0 Å². The molecule has 0 aliphatic rings. The van der Waals surface area contributed by atoms with Gasteiger partial charge in [-0.05, 0) is 19.6 Å². The van der Waals surface area contributed by atoms with E-state index in [1.54, 1.807) is 17.8 Å². The highest BCUT2D eigenvalue weighted by Gasteiger charge is 2.12. The Morgan fingerprint density at radius 3 is 2.62 bits per heavy atom. The highest BCUT2D eigenvalue weighted by molar-refractivity contribution is 7.99. The van der Waals surface area contributed by atoms with Crippen LogP contribution in [0.1, 0.15) is 0 Å². The number of rotatable bonds is 8. The summed E-state index contributed by atoms with van der Waals surface area (Å²) >= 11 is 1.78. The van der Waals surface area contributed by atoms with Crippen molar-refractivity contribution in [3.8, 4) is 0 Å². The van der Waals surface area contributed by atoms with Crippen molar-refractivity contribution < 1.29 is 9.16 Å². The largest absolute Gasteiger partial charge is 0.409 e. The summed E-state index contributed by atoms with van der Waals surface area (Å²) in [6.07, 6.45) is 1.77. The highest BCUT2D eigenvalue weighted by Crippen LogP contribution is 2.08. The molecule has 0 aliphatic carbocycles. The zero-order chi connectivity index (χ0) is 10.2. The van der Waals surface area contributed by atoms with Crippen LogP contribution < -0.4 is 0 Å². The molecular formula is C9H20O2SSi. The molecule has 0 fully saturated rings. The Bertz CT molecular complexity index is 134. The van der Waals surface area contributed by atoms with Gasteiger partial charge in [-0.25, -0.2) is 0 Å². The lowest BCUT2D eigenvalue weighted by Crippen LogP contribution is -2.25. The maximum Gasteiger partial charge on any atom is 0.184 e. The molecular weight excluding hydrogens is 200 g/mol. The van der Waals surface area contributed by atoms with Crippen LogP contribution in [0, 0.1) is 0 Å². The van der Waals surface area contributed by atoms with Crippen LogP contribution in [0.4, 0.5) is 0 Å². The first-order chi connectivity index (χ1) is 6.06. The third-order valence-corrected chi connectivity index (χ3v) is 3.14. The van der Waals surface area contributed by atoms with Gasteiger partial charge in [-0.15, -0.1) is 18.3 Å². The summed E-state index contributed by atoms with van der Waals surface area (Å²) in [6.45, 7) is 11.6. The van der Waals surface area contributed by atoms with Crippen molar-refractivity contribution in [1.29, 1.82) is 0 Å². The molecule has 0 amide bonds. The summed E-state index contributed by atoms with van der Waals surface area (Å²) in [5.41, 5.74) is 0. The Morgan fingerprint density at radius 2 is 2.08 bits per heavy atom. The fourth-order valence-corrected chi connectivity index (χ4v) is 2.66. The molecule has 0 aromatic rings. The minimum atomic E-state index is -1.31. The molecule has 0 spiro atoms. The third kappa shape index (κ3) is 12.2. The third-order valence-electron chi connectivity index (χ3n) is 1.18. The Morgan fingerprint density at radius 1 is 1.38 bits per heavy atom. The molecule has 0 bridgehead atoms. The molecule has 0 aromatic carbocycles. The summed E-state index contributed by atoms with van der Waals surface area (Å²) in [7, 11) is -1.31. The molecule has 0 aliphatic heterocycles. The van der Waals surface area contributed by atoms with E-state index in [9.17, 15) is 0 Å². The quantitative estimate of drug-likeness (QED) is 0.271. The number of ether oxygens (including phenoxy) is 1. The first-order valence-corrected chi connectivity index (χ1v) is 9.03. The van der Waals surface area contributed by atoms with Crippen LogP contribution in [-0.4, -0.2) is 33.2 Å². The lowest BCUT2D eigenvalue weighted by atomic mass is 10.7. The fourth-order valence-electron chi connectivity index (χ4n) is 0.562. The normalized spacial score (nSPS) is 11.6. The molecule has 78 valence electrons. The summed E-state index contributed by atoms with van der Waals surface area (Å²) in [5, 5.41) is 0. The van der Waals surface area contributed by atoms with Crippen molar-refractivity contribution in [1.82, 2.24) is 0 Å². The van der Waals surface area contributed by atoms with Gasteiger partial charge in [0.15, 0.2) is 8.32 Å². The Balaban J connectivity index is 3.04. The van der Waals surface area contributed by atoms with E-state index in [2.05, 4.69) is 26.2 Å². The minimum absolute atomic E-state index is 0.648. The van der Waals surface area contributed by atoms with E-state index in [0.29, 0.717) is 6.61 Å². The molecule has 0 saturated heterocycles. The smallest absolute Gasteiger partial charge is 0.184 e. The van der Waals surface area contributed by atoms with Crippen LogP contribution in [0.2, 0.25) is 19.6 Å². The molecule has 0 aromatic heterocycles. The van der Waals surface area contributed by atoms with Gasteiger partial charge in [0.05, 0.1) is 19.2 Å². The SMILES string of the molecule is C=CCOCCSCO[Si](C)(C)C. The van der Waals surface area contributed by atoms with Gasteiger partial charge in [0, 0.05) is 5.75 Å². The predicted octanol–water partition coefficient (Wildman–Crippen LogP) is 2.73. The van der Waals surface area contributed by atoms with Gasteiger partial charge >= 0.3 is 0 Å². The van der Waals surface area contributed by atoms with Gasteiger partial charge in [-0.2, -0.15) is 0 Å². The van der Waals surface area contributed by atoms with Crippen LogP contribution in [-0.2, 0) is 9.16 Å². The van der Waals surface area contributed by atoms with E-state index in [1.165, 1.54) is 0 Å². The Hall–Kier alpha value is 0.227. The zero-order valence-corrected chi connectivity index (χ0v) is 10.7. The molecule has 4 heteroatoms. The first-order valence-electron chi connectivity index (χ1n) is 4.46. The van der Waals surface area contributed by atoms with Gasteiger partial charge in [-0.1, -0.05) is 6.08 Å². The second kappa shape index (κ2) is 7.61. The van der Waals surface area contributed by atoms with E-state index >= 15 is 0 Å². The second-order valence-electron chi connectivity index (χ2n) is 3.65. The van der Waals surface area contributed by atoms with Crippen molar-refractivity contribution >= 4 is 20.1 Å². The number of thioether (sulfide) groups is 1. The second-order valence-corrected chi connectivity index (χ2v) is 9.21. The lowest BCUT2D eigenvalue weighted by molar-refractivity contribution is 0.180. The highest BCUT2D eigenvalue weighted by atomic mass is 32.2. The molecule has 2 nitrogen and oxygen atoms in total. The van der Waals surface area contributed by atoms with Gasteiger partial charge in [0.25, 0.3) is 0 Å². The molecule has 0 heterocycles. The fraction of sp³-hybridized carbons (Fsp3) is 0.778. The Labute approximate surface area is 86.8 Å². The maximum absolute atomic E-state index is 5.66. The molecule has 13 heavy (non-hydrogen) atoms. The maximum atomic E-state index is 5.66. The van der Waals surface area contributed by atoms with Crippen LogP contribution in [0.3, 0.4) is 0 Å². The molecule has 0 radical (unpaired) electrons. The van der Waals surface area contributed by atoms with E-state index < -0.39 is 8.32 Å². The summed E-state index contributed by atoms with van der Waals surface area (Å²) in [6, 6.07) is 0. The van der Waals surface area contributed by atoms with Crippen LogP contribution in [0.25, 0.3) is 0 Å². The van der Waals surface area contributed by atoms with Crippen molar-refractivity contribution in [2.75, 3.05) is 24.9 Å². The molecule has 0 atom stereocenters. The molecule has 0 unspecified atom stereocenters. The number of hydrogen-bond donors (Lipinski definition) is 0. The summed E-state index contributed by atoms with van der Waals surface area (Å²) < 4.78 is 10.9. The summed E-state index contributed by atoms with van der Waals surface area (Å²) in [4.78, 5) is 0. The molecule has 0 saturated carbocycles. The molecule has 0 rings (SSSR count). The van der Waals surface area contributed by atoms with E-state index in [0.717, 1.165) is 18.3 Å². The van der Waals surface area contributed by atoms with Crippen LogP contribution in [0.5, 0.6) is 0 Å². The minimum Gasteiger partial charge on any atom is -0.409 e. The zero-order valence-electron chi connectivity index (χ0n) is 8.84. The van der Waals surface area contributed by atoms with Gasteiger partial charge < -0.3 is 9.16 Å². The number of hydrogen-bond acceptors (Lipinski definition) is 3. The van der Waals surface area contributed by atoms with Crippen LogP contribution in [0.15, 0.2) is 12.7 Å². The average Bonchev–Trinajstić information content (AvgIpc) is 2.01. The van der Waals surface area contributed by atoms with Crippen LogP contribution >= 0.6 is 11.8 Å². The van der Waals surface area contributed by atoms with E-state index in [-0.39, 0.29) is 0 Å². The van der Waals surface area contributed by atoms with E-state index in [1.807, 2.05) is 0 Å². The predicted molar refractivity (Wildman–Crippen MR) is 62.8 cm³/mol. The van der Waals surface area contributed by atoms with Crippen molar-refractivity contribution in [2.45, 2.75) is 19.6 Å². The topological polar surface area (TPSA) is 18.5 Å². The lowest BCUT2D eigenvalue weighted by Gasteiger charge is -2.16. The van der Waals surface area contributed by atoms with Gasteiger partial charge in [0.2, 0.25) is 0 Å². The van der Waals surface area contributed by atoms with E-state index in [4.69, 9.17) is 9.16 Å². The van der Waals surface area contributed by atoms with Crippen molar-refractivity contribution in [2.24, 2.45) is 0 Å². The van der Waals surface area contributed by atoms with Crippen molar-refractivity contribution in [3.05, 3.63) is 12.7 Å². The monoisotopic (exact) mass is 220 g/mol. The molecule has 0 N–H and O–H groups in total. The standard InChI is InChI=1S/C9H20O2SSi/c1-5-6-10-7-8-12-9-11-13(2,3)4/h5H,1,6-9H2,2-4H3. The summed E-state index contributed by atoms with van der Waals surface area (Å²) in [5.74, 6) is 1.80. The van der Waals surface area contributed by atoms with Gasteiger partial charge in [-0.3, -0.25) is 0 Å². The average molecular weight is 220 g/mol. The van der Waals surface area contributed by atoms with Gasteiger partial charge in [0.1, 0.15) is 0 Å². The Kier molecular flexibility index (Phi) is 7.75.